The first-order chi connectivity index (χ1) is 11.5. The topological polar surface area (TPSA) is 63.8 Å². The minimum atomic E-state index is -4.42. The van der Waals surface area contributed by atoms with Gasteiger partial charge in [0.25, 0.3) is 0 Å². The molecule has 1 fully saturated rings. The van der Waals surface area contributed by atoms with Gasteiger partial charge in [-0.05, 0) is 50.3 Å². The van der Waals surface area contributed by atoms with Crippen molar-refractivity contribution in [3.05, 3.63) is 29.4 Å². The fourth-order valence-corrected chi connectivity index (χ4v) is 3.70. The lowest BCUT2D eigenvalue weighted by Gasteiger charge is -2.28. The van der Waals surface area contributed by atoms with Gasteiger partial charge in [0, 0.05) is 23.2 Å². The van der Waals surface area contributed by atoms with E-state index in [1.807, 2.05) is 5.38 Å². The highest BCUT2D eigenvalue weighted by Gasteiger charge is 2.32. The molecule has 4 nitrogen and oxygen atoms in total. The third-order valence-electron chi connectivity index (χ3n) is 4.36. The molecular weight excluding hydrogens is 337 g/mol. The fraction of sp³-hybridized carbons (Fsp3) is 0.500. The Hall–Kier alpha value is -1.67. The van der Waals surface area contributed by atoms with Crippen LogP contribution in [0.4, 0.5) is 18.3 Å². The Bertz CT molecular complexity index is 661. The van der Waals surface area contributed by atoms with E-state index in [-0.39, 0.29) is 0 Å². The maximum absolute atomic E-state index is 12.5. The van der Waals surface area contributed by atoms with E-state index in [9.17, 15) is 13.2 Å². The molecule has 8 heteroatoms. The van der Waals surface area contributed by atoms with E-state index in [1.165, 1.54) is 23.6 Å². The number of hydrogen-bond acceptors (Lipinski definition) is 5. The number of anilines is 1. The summed E-state index contributed by atoms with van der Waals surface area (Å²) in [7, 11) is 0. The Morgan fingerprint density at radius 3 is 2.54 bits per heavy atom. The molecule has 0 aromatic carbocycles. The molecule has 0 atom stereocenters. The SMILES string of the molecule is NC[C@H]1CC[C@H](Nc2nc(-c3ccc(C(F)(F)F)nc3)cs2)CC1. The van der Waals surface area contributed by atoms with Crippen molar-refractivity contribution in [2.75, 3.05) is 11.9 Å². The van der Waals surface area contributed by atoms with E-state index in [2.05, 4.69) is 15.3 Å². The zero-order chi connectivity index (χ0) is 17.2. The second kappa shape index (κ2) is 7.06. The summed E-state index contributed by atoms with van der Waals surface area (Å²) in [6.45, 7) is 0.745. The smallest absolute Gasteiger partial charge is 0.359 e. The molecule has 0 bridgehead atoms. The van der Waals surface area contributed by atoms with Crippen LogP contribution in [0.2, 0.25) is 0 Å². The lowest BCUT2D eigenvalue weighted by Crippen LogP contribution is -2.29. The molecular formula is C16H19F3N4S. The van der Waals surface area contributed by atoms with Gasteiger partial charge >= 0.3 is 6.18 Å². The molecule has 2 aromatic heterocycles. The van der Waals surface area contributed by atoms with Crippen LogP contribution in [-0.4, -0.2) is 22.6 Å². The van der Waals surface area contributed by atoms with Crippen LogP contribution in [-0.2, 0) is 6.18 Å². The first kappa shape index (κ1) is 17.2. The molecule has 0 unspecified atom stereocenters. The molecule has 130 valence electrons. The maximum atomic E-state index is 12.5. The van der Waals surface area contributed by atoms with E-state index in [4.69, 9.17) is 5.73 Å². The molecule has 2 aromatic rings. The first-order valence-electron chi connectivity index (χ1n) is 7.91. The monoisotopic (exact) mass is 356 g/mol. The van der Waals surface area contributed by atoms with Crippen LogP contribution in [0.15, 0.2) is 23.7 Å². The van der Waals surface area contributed by atoms with Gasteiger partial charge in [-0.25, -0.2) is 4.98 Å². The van der Waals surface area contributed by atoms with Gasteiger partial charge in [-0.2, -0.15) is 13.2 Å². The molecule has 0 aliphatic heterocycles. The summed E-state index contributed by atoms with van der Waals surface area (Å²) in [5.74, 6) is 0.619. The van der Waals surface area contributed by atoms with E-state index < -0.39 is 11.9 Å². The van der Waals surface area contributed by atoms with Gasteiger partial charge in [-0.15, -0.1) is 11.3 Å². The number of nitrogens with one attached hydrogen (secondary N) is 1. The van der Waals surface area contributed by atoms with Crippen LogP contribution in [0.3, 0.4) is 0 Å². The van der Waals surface area contributed by atoms with E-state index in [0.29, 0.717) is 23.2 Å². The van der Waals surface area contributed by atoms with Crippen LogP contribution in [0.25, 0.3) is 11.3 Å². The van der Waals surface area contributed by atoms with Crippen molar-refractivity contribution in [1.29, 1.82) is 0 Å². The van der Waals surface area contributed by atoms with Gasteiger partial charge < -0.3 is 11.1 Å². The summed E-state index contributed by atoms with van der Waals surface area (Å²) >= 11 is 1.46. The number of halogens is 3. The van der Waals surface area contributed by atoms with Gasteiger partial charge in [0.15, 0.2) is 5.13 Å². The highest BCUT2D eigenvalue weighted by molar-refractivity contribution is 7.14. The van der Waals surface area contributed by atoms with Crippen LogP contribution in [0.5, 0.6) is 0 Å². The Morgan fingerprint density at radius 2 is 1.96 bits per heavy atom. The van der Waals surface area contributed by atoms with Gasteiger partial charge in [-0.1, -0.05) is 0 Å². The van der Waals surface area contributed by atoms with Crippen molar-refractivity contribution < 1.29 is 13.2 Å². The fourth-order valence-electron chi connectivity index (χ4n) is 2.90. The number of pyridine rings is 1. The Morgan fingerprint density at radius 1 is 1.21 bits per heavy atom. The zero-order valence-corrected chi connectivity index (χ0v) is 13.8. The van der Waals surface area contributed by atoms with Crippen molar-refractivity contribution in [1.82, 2.24) is 9.97 Å². The number of alkyl halides is 3. The number of nitrogens with two attached hydrogens (primary N) is 1. The van der Waals surface area contributed by atoms with Crippen LogP contribution in [0.1, 0.15) is 31.4 Å². The van der Waals surface area contributed by atoms with Gasteiger partial charge in [0.2, 0.25) is 0 Å². The summed E-state index contributed by atoms with van der Waals surface area (Å²) in [5, 5.41) is 6.04. The molecule has 1 aliphatic rings. The average Bonchev–Trinajstić information content (AvgIpc) is 3.03. The normalized spacial score (nSPS) is 21.7. The Kier molecular flexibility index (Phi) is 5.05. The highest BCUT2D eigenvalue weighted by atomic mass is 32.1. The summed E-state index contributed by atoms with van der Waals surface area (Å²) in [6.07, 6.45) is 1.17. The summed E-state index contributed by atoms with van der Waals surface area (Å²) in [5.41, 5.74) is 6.03. The van der Waals surface area contributed by atoms with Crippen molar-refractivity contribution in [2.24, 2.45) is 11.7 Å². The van der Waals surface area contributed by atoms with Crippen molar-refractivity contribution in [3.8, 4) is 11.3 Å². The lowest BCUT2D eigenvalue weighted by molar-refractivity contribution is -0.141. The van der Waals surface area contributed by atoms with Crippen LogP contribution in [0, 0.1) is 5.92 Å². The third kappa shape index (κ3) is 4.05. The molecule has 1 aliphatic carbocycles. The minimum absolute atomic E-state index is 0.387. The predicted molar refractivity (Wildman–Crippen MR) is 88.8 cm³/mol. The summed E-state index contributed by atoms with van der Waals surface area (Å²) < 4.78 is 37.6. The lowest BCUT2D eigenvalue weighted by atomic mass is 9.86. The molecule has 0 spiro atoms. The van der Waals surface area contributed by atoms with E-state index in [1.54, 1.807) is 0 Å². The second-order valence-corrected chi connectivity index (χ2v) is 6.92. The summed E-state index contributed by atoms with van der Waals surface area (Å²) in [6, 6.07) is 2.77. The maximum Gasteiger partial charge on any atom is 0.433 e. The van der Waals surface area contributed by atoms with Crippen LogP contribution >= 0.6 is 11.3 Å². The van der Waals surface area contributed by atoms with Crippen molar-refractivity contribution in [3.63, 3.8) is 0 Å². The average molecular weight is 356 g/mol. The highest BCUT2D eigenvalue weighted by Crippen LogP contribution is 2.31. The van der Waals surface area contributed by atoms with Crippen molar-refractivity contribution in [2.45, 2.75) is 37.9 Å². The first-order valence-corrected chi connectivity index (χ1v) is 8.79. The molecule has 3 rings (SSSR count). The molecule has 1 saturated carbocycles. The van der Waals surface area contributed by atoms with E-state index in [0.717, 1.165) is 43.4 Å². The third-order valence-corrected chi connectivity index (χ3v) is 5.14. The Labute approximate surface area is 142 Å². The molecule has 0 amide bonds. The molecule has 0 saturated heterocycles. The van der Waals surface area contributed by atoms with Gasteiger partial charge in [0.1, 0.15) is 5.69 Å². The molecule has 3 N–H and O–H groups in total. The largest absolute Gasteiger partial charge is 0.433 e. The summed E-state index contributed by atoms with van der Waals surface area (Å²) in [4.78, 5) is 7.94. The molecule has 0 radical (unpaired) electrons. The standard InChI is InChI=1S/C16H19F3N4S/c17-16(18,19)14-6-3-11(8-21-14)13-9-24-15(23-13)22-12-4-1-10(7-20)2-5-12/h3,6,8-10,12H,1-2,4-5,7,20H2,(H,22,23)/t10-,12-. The quantitative estimate of drug-likeness (QED) is 0.864. The number of nitrogens with zero attached hydrogens (tertiary/aromatic N) is 2. The van der Waals surface area contributed by atoms with E-state index >= 15 is 0 Å². The van der Waals surface area contributed by atoms with Gasteiger partial charge in [0.05, 0.1) is 5.69 Å². The Balaban J connectivity index is 1.63. The zero-order valence-electron chi connectivity index (χ0n) is 13.0. The van der Waals surface area contributed by atoms with Crippen LogP contribution < -0.4 is 11.1 Å². The van der Waals surface area contributed by atoms with Crippen molar-refractivity contribution >= 4 is 16.5 Å². The second-order valence-electron chi connectivity index (χ2n) is 6.07. The van der Waals surface area contributed by atoms with Gasteiger partial charge in [-0.3, -0.25) is 4.98 Å². The minimum Gasteiger partial charge on any atom is -0.359 e. The number of aromatic nitrogens is 2. The molecule has 24 heavy (non-hydrogen) atoms. The molecule has 2 heterocycles. The number of hydrogen-bond donors (Lipinski definition) is 2. The number of rotatable bonds is 4. The predicted octanol–water partition coefficient (Wildman–Crippen LogP) is 4.15. The number of thiazole rings is 1.